The molecule has 1 heterocycles. The van der Waals surface area contributed by atoms with Crippen molar-refractivity contribution in [2.45, 2.75) is 31.0 Å². The first-order valence-corrected chi connectivity index (χ1v) is 9.71. The number of nitrogens with one attached hydrogen (secondary N) is 3. The van der Waals surface area contributed by atoms with Crippen LogP contribution >= 0.6 is 23.7 Å². The van der Waals surface area contributed by atoms with E-state index in [0.717, 1.165) is 0 Å². The maximum atomic E-state index is 13.3. The molecule has 1 aliphatic rings. The van der Waals surface area contributed by atoms with Crippen LogP contribution in [0, 0.1) is 17.5 Å². The molecule has 164 valence electrons. The molecule has 0 radical (unpaired) electrons. The summed E-state index contributed by atoms with van der Waals surface area (Å²) >= 11 is 6.73. The fourth-order valence-corrected chi connectivity index (χ4v) is 4.10. The lowest BCUT2D eigenvalue weighted by Crippen LogP contribution is -2.59. The Hall–Kier alpha value is -2.05. The molecule has 1 aromatic heterocycles. The number of hydrogen-bond donors (Lipinski definition) is 3. The van der Waals surface area contributed by atoms with Gasteiger partial charge in [-0.05, 0) is 19.3 Å². The molecule has 0 bridgehead atoms. The standard InChI is InChI=1S/C17H15ClF6N4OS/c1-28-7-11(26-30-27-16(3-2-4-16)17(22,23)24)12(18)14(28)15(29)25-8-5-9(19)13(21)10(20)6-8/h5-7,26-27H,2-4H2,1H3,(H,25,29). The van der Waals surface area contributed by atoms with Gasteiger partial charge in [0.05, 0.1) is 10.7 Å². The lowest BCUT2D eigenvalue weighted by molar-refractivity contribution is -0.211. The predicted molar refractivity (Wildman–Crippen MR) is 102 cm³/mol. The molecule has 2 aromatic rings. The first kappa shape index (κ1) is 22.6. The van der Waals surface area contributed by atoms with Gasteiger partial charge in [0.15, 0.2) is 17.5 Å². The van der Waals surface area contributed by atoms with Gasteiger partial charge < -0.3 is 14.6 Å². The van der Waals surface area contributed by atoms with Crippen LogP contribution in [0.4, 0.5) is 37.7 Å². The molecule has 0 aliphatic heterocycles. The Morgan fingerprint density at radius 2 is 1.80 bits per heavy atom. The van der Waals surface area contributed by atoms with Gasteiger partial charge in [-0.1, -0.05) is 11.6 Å². The van der Waals surface area contributed by atoms with E-state index in [1.165, 1.54) is 17.8 Å². The number of anilines is 2. The van der Waals surface area contributed by atoms with Crippen LogP contribution < -0.4 is 14.8 Å². The summed E-state index contributed by atoms with van der Waals surface area (Å²) in [5, 5.41) is 2.07. The highest BCUT2D eigenvalue weighted by molar-refractivity contribution is 7.98. The molecule has 5 nitrogen and oxygen atoms in total. The molecule has 30 heavy (non-hydrogen) atoms. The molecule has 0 unspecified atom stereocenters. The van der Waals surface area contributed by atoms with Crippen molar-refractivity contribution in [3.8, 4) is 0 Å². The van der Waals surface area contributed by atoms with E-state index >= 15 is 0 Å². The molecular formula is C17H15ClF6N4OS. The van der Waals surface area contributed by atoms with Gasteiger partial charge in [0.25, 0.3) is 5.91 Å². The van der Waals surface area contributed by atoms with Crippen LogP contribution in [0.2, 0.25) is 5.02 Å². The normalized spacial score (nSPS) is 15.6. The molecule has 1 amide bonds. The number of carbonyl (C=O) groups excluding carboxylic acids is 1. The van der Waals surface area contributed by atoms with Crippen molar-refractivity contribution in [3.63, 3.8) is 0 Å². The van der Waals surface area contributed by atoms with Crippen molar-refractivity contribution in [1.82, 2.24) is 9.29 Å². The zero-order valence-electron chi connectivity index (χ0n) is 15.3. The number of amides is 1. The minimum atomic E-state index is -4.41. The Kier molecular flexibility index (Phi) is 6.21. The predicted octanol–water partition coefficient (Wildman–Crippen LogP) is 5.40. The van der Waals surface area contributed by atoms with Crippen LogP contribution in [0.3, 0.4) is 0 Å². The van der Waals surface area contributed by atoms with E-state index in [4.69, 9.17) is 11.6 Å². The molecule has 1 fully saturated rings. The van der Waals surface area contributed by atoms with Crippen LogP contribution in [0.1, 0.15) is 29.8 Å². The number of aryl methyl sites for hydroxylation is 1. The number of benzene rings is 1. The number of alkyl halides is 3. The van der Waals surface area contributed by atoms with E-state index < -0.39 is 35.1 Å². The Bertz CT molecular complexity index is 953. The smallest absolute Gasteiger partial charge is 0.343 e. The highest BCUT2D eigenvalue weighted by atomic mass is 35.5. The third-order valence-electron chi connectivity index (χ3n) is 4.73. The summed E-state index contributed by atoms with van der Waals surface area (Å²) < 4.78 is 85.4. The Morgan fingerprint density at radius 3 is 2.30 bits per heavy atom. The fraction of sp³-hybridized carbons (Fsp3) is 0.353. The fourth-order valence-electron chi connectivity index (χ4n) is 2.90. The SMILES string of the molecule is Cn1cc(NSNC2(C(F)(F)F)CCC2)c(Cl)c1C(=O)Nc1cc(F)c(F)c(F)c1. The summed E-state index contributed by atoms with van der Waals surface area (Å²) in [6.45, 7) is 0. The van der Waals surface area contributed by atoms with Crippen molar-refractivity contribution in [1.29, 1.82) is 0 Å². The minimum Gasteiger partial charge on any atom is -0.343 e. The Labute approximate surface area is 176 Å². The zero-order valence-corrected chi connectivity index (χ0v) is 16.8. The molecule has 13 heteroatoms. The molecule has 3 N–H and O–H groups in total. The number of aromatic nitrogens is 1. The van der Waals surface area contributed by atoms with Gasteiger partial charge in [0, 0.05) is 43.2 Å². The van der Waals surface area contributed by atoms with Crippen LogP contribution in [0.25, 0.3) is 0 Å². The van der Waals surface area contributed by atoms with E-state index in [2.05, 4.69) is 14.8 Å². The number of rotatable bonds is 6. The molecule has 3 rings (SSSR count). The summed E-state index contributed by atoms with van der Waals surface area (Å²) in [6.07, 6.45) is -2.70. The highest BCUT2D eigenvalue weighted by Gasteiger charge is 2.58. The van der Waals surface area contributed by atoms with Gasteiger partial charge >= 0.3 is 6.18 Å². The summed E-state index contributed by atoms with van der Waals surface area (Å²) in [7, 11) is 1.44. The lowest BCUT2D eigenvalue weighted by atomic mass is 9.77. The van der Waals surface area contributed by atoms with Gasteiger partial charge in [-0.3, -0.25) is 4.79 Å². The second-order valence-corrected chi connectivity index (χ2v) is 7.75. The second-order valence-electron chi connectivity index (χ2n) is 6.76. The van der Waals surface area contributed by atoms with Crippen molar-refractivity contribution >= 4 is 41.0 Å². The van der Waals surface area contributed by atoms with Crippen molar-refractivity contribution < 1.29 is 31.1 Å². The first-order chi connectivity index (χ1) is 13.9. The molecule has 0 spiro atoms. The van der Waals surface area contributed by atoms with Crippen molar-refractivity contribution in [3.05, 3.63) is 46.5 Å². The third-order valence-corrected chi connectivity index (χ3v) is 5.93. The average Bonchev–Trinajstić information content (AvgIpc) is 2.87. The van der Waals surface area contributed by atoms with Gasteiger partial charge in [0.2, 0.25) is 0 Å². The number of carbonyl (C=O) groups is 1. The topological polar surface area (TPSA) is 58.1 Å². The summed E-state index contributed by atoms with van der Waals surface area (Å²) in [6, 6.07) is 1.20. The molecule has 1 aliphatic carbocycles. The van der Waals surface area contributed by atoms with Gasteiger partial charge in [-0.2, -0.15) is 13.2 Å². The maximum absolute atomic E-state index is 13.3. The maximum Gasteiger partial charge on any atom is 0.407 e. The number of hydrogen-bond acceptors (Lipinski definition) is 4. The van der Waals surface area contributed by atoms with Crippen LogP contribution in [-0.2, 0) is 7.05 Å². The molecule has 1 saturated carbocycles. The summed E-state index contributed by atoms with van der Waals surface area (Å²) in [4.78, 5) is 12.4. The van der Waals surface area contributed by atoms with E-state index in [-0.39, 0.29) is 34.9 Å². The van der Waals surface area contributed by atoms with Crippen molar-refractivity contribution in [2.75, 3.05) is 10.0 Å². The largest absolute Gasteiger partial charge is 0.407 e. The van der Waals surface area contributed by atoms with Crippen LogP contribution in [0.5, 0.6) is 0 Å². The summed E-state index contributed by atoms with van der Waals surface area (Å²) in [5.41, 5.74) is -2.30. The van der Waals surface area contributed by atoms with Crippen LogP contribution in [-0.4, -0.2) is 22.2 Å². The van der Waals surface area contributed by atoms with Crippen LogP contribution in [0.15, 0.2) is 18.3 Å². The quantitative estimate of drug-likeness (QED) is 0.299. The zero-order chi connectivity index (χ0) is 22.3. The molecule has 0 saturated heterocycles. The second kappa shape index (κ2) is 8.23. The Morgan fingerprint density at radius 1 is 1.20 bits per heavy atom. The lowest BCUT2D eigenvalue weighted by Gasteiger charge is -2.43. The summed E-state index contributed by atoms with van der Waals surface area (Å²) in [5.74, 6) is -5.50. The van der Waals surface area contributed by atoms with Gasteiger partial charge in [-0.25, -0.2) is 17.9 Å². The van der Waals surface area contributed by atoms with E-state index in [1.807, 2.05) is 0 Å². The van der Waals surface area contributed by atoms with Gasteiger partial charge in [-0.15, -0.1) is 0 Å². The monoisotopic (exact) mass is 472 g/mol. The Balaban J connectivity index is 1.70. The number of nitrogens with zero attached hydrogens (tertiary/aromatic N) is 1. The van der Waals surface area contributed by atoms with E-state index in [1.54, 1.807) is 0 Å². The van der Waals surface area contributed by atoms with E-state index in [9.17, 15) is 31.1 Å². The molecular weight excluding hydrogens is 458 g/mol. The average molecular weight is 473 g/mol. The van der Waals surface area contributed by atoms with Crippen molar-refractivity contribution in [2.24, 2.45) is 7.05 Å². The number of halogens is 7. The first-order valence-electron chi connectivity index (χ1n) is 8.51. The van der Waals surface area contributed by atoms with Gasteiger partial charge in [0.1, 0.15) is 11.2 Å². The minimum absolute atomic E-state index is 0.0495. The molecule has 1 aromatic carbocycles. The third kappa shape index (κ3) is 4.21. The molecule has 0 atom stereocenters. The highest BCUT2D eigenvalue weighted by Crippen LogP contribution is 2.46. The van der Waals surface area contributed by atoms with E-state index in [0.29, 0.717) is 30.7 Å².